The molecule has 1 aliphatic rings. The average Bonchev–Trinajstić information content (AvgIpc) is 2.80. The molecule has 3 nitrogen and oxygen atoms in total. The third-order valence-electron chi connectivity index (χ3n) is 3.63. The molecule has 0 heterocycles. The first-order valence-corrected chi connectivity index (χ1v) is 7.20. The van der Waals surface area contributed by atoms with Gasteiger partial charge in [-0.2, -0.15) is 0 Å². The number of carbonyl (C=O) groups excluding carboxylic acids is 1. The quantitative estimate of drug-likeness (QED) is 0.925. The molecule has 5 heteroatoms. The van der Waals surface area contributed by atoms with Crippen LogP contribution in [0.25, 0.3) is 0 Å². The minimum absolute atomic E-state index is 0.0961. The lowest BCUT2D eigenvalue weighted by Gasteiger charge is -2.27. The summed E-state index contributed by atoms with van der Waals surface area (Å²) in [5.74, 6) is -0.822. The molecule has 1 aromatic rings. The van der Waals surface area contributed by atoms with Crippen LogP contribution in [0, 0.1) is 5.82 Å². The number of hydrogen-bond donors (Lipinski definition) is 1. The Balaban J connectivity index is 2.10. The summed E-state index contributed by atoms with van der Waals surface area (Å²) in [5.41, 5.74) is 0.0961. The topological polar surface area (TPSA) is 32.3 Å². The lowest BCUT2D eigenvalue weighted by atomic mass is 10.1. The van der Waals surface area contributed by atoms with Crippen molar-refractivity contribution in [3.8, 4) is 0 Å². The number of benzene rings is 1. The zero-order chi connectivity index (χ0) is 14.0. The second-order valence-corrected chi connectivity index (χ2v) is 6.08. The van der Waals surface area contributed by atoms with E-state index in [2.05, 4.69) is 26.1 Å². The van der Waals surface area contributed by atoms with Gasteiger partial charge < -0.3 is 10.2 Å². The Morgan fingerprint density at radius 2 is 2.16 bits per heavy atom. The van der Waals surface area contributed by atoms with E-state index in [0.717, 1.165) is 19.3 Å². The van der Waals surface area contributed by atoms with Crippen LogP contribution in [0.1, 0.15) is 29.6 Å². The number of likely N-dealkylation sites (N-methyl/N-ethyl adjacent to an activating group) is 1. The van der Waals surface area contributed by atoms with Crippen LogP contribution in [0.3, 0.4) is 0 Å². The molecule has 0 spiro atoms. The summed E-state index contributed by atoms with van der Waals surface area (Å²) >= 11 is 3.26. The molecule has 0 aliphatic heterocycles. The summed E-state index contributed by atoms with van der Waals surface area (Å²) in [4.78, 5) is 14.3. The van der Waals surface area contributed by atoms with Crippen LogP contribution in [-0.2, 0) is 0 Å². The molecule has 0 bridgehead atoms. The van der Waals surface area contributed by atoms with Gasteiger partial charge in [-0.3, -0.25) is 4.79 Å². The van der Waals surface area contributed by atoms with Crippen LogP contribution in [0.2, 0.25) is 0 Å². The Bertz CT molecular complexity index is 479. The number of nitrogens with one attached hydrogen (secondary N) is 1. The van der Waals surface area contributed by atoms with Crippen molar-refractivity contribution in [2.45, 2.75) is 31.3 Å². The van der Waals surface area contributed by atoms with Crippen LogP contribution < -0.4 is 5.32 Å². The maximum atomic E-state index is 13.7. The fraction of sp³-hybridized carbons (Fsp3) is 0.500. The van der Waals surface area contributed by atoms with E-state index in [0.29, 0.717) is 10.5 Å². The Kier molecular flexibility index (Phi) is 4.58. The van der Waals surface area contributed by atoms with Crippen LogP contribution in [0.4, 0.5) is 4.39 Å². The first kappa shape index (κ1) is 14.5. The molecule has 19 heavy (non-hydrogen) atoms. The normalized spacial score (nSPS) is 22.8. The van der Waals surface area contributed by atoms with E-state index in [1.807, 2.05) is 14.1 Å². The molecule has 2 atom stereocenters. The highest BCUT2D eigenvalue weighted by Gasteiger charge is 2.30. The van der Waals surface area contributed by atoms with Gasteiger partial charge in [-0.25, -0.2) is 4.39 Å². The van der Waals surface area contributed by atoms with Crippen molar-refractivity contribution >= 4 is 21.8 Å². The Morgan fingerprint density at radius 1 is 1.42 bits per heavy atom. The van der Waals surface area contributed by atoms with Gasteiger partial charge in [0, 0.05) is 16.6 Å². The van der Waals surface area contributed by atoms with Gasteiger partial charge >= 0.3 is 0 Å². The number of rotatable bonds is 3. The molecule has 1 N–H and O–H groups in total. The van der Waals surface area contributed by atoms with Crippen molar-refractivity contribution < 1.29 is 9.18 Å². The predicted molar refractivity (Wildman–Crippen MR) is 76.7 cm³/mol. The van der Waals surface area contributed by atoms with Gasteiger partial charge in [-0.05, 0) is 51.6 Å². The van der Waals surface area contributed by atoms with E-state index in [1.165, 1.54) is 12.1 Å². The molecule has 0 saturated heterocycles. The van der Waals surface area contributed by atoms with E-state index in [9.17, 15) is 9.18 Å². The molecule has 0 aromatic heterocycles. The van der Waals surface area contributed by atoms with Crippen LogP contribution in [-0.4, -0.2) is 37.0 Å². The van der Waals surface area contributed by atoms with Gasteiger partial charge in [0.05, 0.1) is 5.56 Å². The first-order valence-electron chi connectivity index (χ1n) is 6.41. The van der Waals surface area contributed by atoms with Gasteiger partial charge in [0.1, 0.15) is 5.82 Å². The minimum Gasteiger partial charge on any atom is -0.348 e. The van der Waals surface area contributed by atoms with Gasteiger partial charge in [-0.1, -0.05) is 15.9 Å². The number of hydrogen-bond acceptors (Lipinski definition) is 2. The summed E-state index contributed by atoms with van der Waals surface area (Å²) < 4.78 is 14.4. The number of carbonyl (C=O) groups is 1. The smallest absolute Gasteiger partial charge is 0.254 e. The highest BCUT2D eigenvalue weighted by Crippen LogP contribution is 2.23. The largest absolute Gasteiger partial charge is 0.348 e. The maximum Gasteiger partial charge on any atom is 0.254 e. The minimum atomic E-state index is -0.486. The molecule has 2 rings (SSSR count). The fourth-order valence-electron chi connectivity index (χ4n) is 2.64. The van der Waals surface area contributed by atoms with Crippen LogP contribution >= 0.6 is 15.9 Å². The maximum absolute atomic E-state index is 13.7. The van der Waals surface area contributed by atoms with Crippen molar-refractivity contribution in [1.29, 1.82) is 0 Å². The third kappa shape index (κ3) is 3.34. The highest BCUT2D eigenvalue weighted by atomic mass is 79.9. The Morgan fingerprint density at radius 3 is 2.84 bits per heavy atom. The van der Waals surface area contributed by atoms with Crippen molar-refractivity contribution in [2.75, 3.05) is 14.1 Å². The fourth-order valence-corrected chi connectivity index (χ4v) is 3.01. The van der Waals surface area contributed by atoms with E-state index in [1.54, 1.807) is 6.07 Å². The molecule has 1 fully saturated rings. The molecule has 104 valence electrons. The molecule has 0 radical (unpaired) electrons. The van der Waals surface area contributed by atoms with E-state index in [-0.39, 0.29) is 17.5 Å². The third-order valence-corrected chi connectivity index (χ3v) is 4.13. The SMILES string of the molecule is CN(C)[C@@H]1CCC[C@H]1NC(=O)c1cc(Br)ccc1F. The number of halogens is 2. The Hall–Kier alpha value is -0.940. The summed E-state index contributed by atoms with van der Waals surface area (Å²) in [6.07, 6.45) is 3.11. The molecule has 1 aliphatic carbocycles. The highest BCUT2D eigenvalue weighted by molar-refractivity contribution is 9.10. The average molecular weight is 329 g/mol. The number of amides is 1. The summed E-state index contributed by atoms with van der Waals surface area (Å²) in [5, 5.41) is 2.95. The van der Waals surface area contributed by atoms with Gasteiger partial charge in [-0.15, -0.1) is 0 Å². The second-order valence-electron chi connectivity index (χ2n) is 5.17. The molecule has 1 amide bonds. The molecular formula is C14H18BrFN2O. The lowest BCUT2D eigenvalue weighted by molar-refractivity contribution is 0.0915. The lowest BCUT2D eigenvalue weighted by Crippen LogP contribution is -2.46. The van der Waals surface area contributed by atoms with E-state index in [4.69, 9.17) is 0 Å². The molecule has 1 saturated carbocycles. The molecular weight excluding hydrogens is 311 g/mol. The number of nitrogens with zero attached hydrogens (tertiary/aromatic N) is 1. The summed E-state index contributed by atoms with van der Waals surface area (Å²) in [6.45, 7) is 0. The Labute approximate surface area is 121 Å². The zero-order valence-corrected chi connectivity index (χ0v) is 12.7. The predicted octanol–water partition coefficient (Wildman–Crippen LogP) is 2.80. The second kappa shape index (κ2) is 6.01. The molecule has 0 unspecified atom stereocenters. The first-order chi connectivity index (χ1) is 8.99. The standard InChI is InChI=1S/C14H18BrFN2O/c1-18(2)13-5-3-4-12(13)17-14(19)10-8-9(15)6-7-11(10)16/h6-8,12-13H,3-5H2,1-2H3,(H,17,19)/t12-,13-/m1/s1. The van der Waals surface area contributed by atoms with Crippen LogP contribution in [0.5, 0.6) is 0 Å². The monoisotopic (exact) mass is 328 g/mol. The van der Waals surface area contributed by atoms with Crippen molar-refractivity contribution in [2.24, 2.45) is 0 Å². The summed E-state index contributed by atoms with van der Waals surface area (Å²) in [6, 6.07) is 4.84. The van der Waals surface area contributed by atoms with Crippen molar-refractivity contribution in [1.82, 2.24) is 10.2 Å². The van der Waals surface area contributed by atoms with Gasteiger partial charge in [0.25, 0.3) is 5.91 Å². The van der Waals surface area contributed by atoms with Crippen LogP contribution in [0.15, 0.2) is 22.7 Å². The van der Waals surface area contributed by atoms with Crippen molar-refractivity contribution in [3.05, 3.63) is 34.1 Å². The zero-order valence-electron chi connectivity index (χ0n) is 11.1. The van der Waals surface area contributed by atoms with E-state index >= 15 is 0 Å². The molecule has 1 aromatic carbocycles. The van der Waals surface area contributed by atoms with Gasteiger partial charge in [0.2, 0.25) is 0 Å². The van der Waals surface area contributed by atoms with Crippen molar-refractivity contribution in [3.63, 3.8) is 0 Å². The van der Waals surface area contributed by atoms with Gasteiger partial charge in [0.15, 0.2) is 0 Å². The van der Waals surface area contributed by atoms with E-state index < -0.39 is 5.82 Å². The summed E-state index contributed by atoms with van der Waals surface area (Å²) in [7, 11) is 4.02.